The van der Waals surface area contributed by atoms with Gasteiger partial charge in [-0.15, -0.1) is 11.3 Å². The fraction of sp³-hybridized carbons (Fsp3) is 0.667. The van der Waals surface area contributed by atoms with Gasteiger partial charge in [0, 0.05) is 11.3 Å². The minimum absolute atomic E-state index is 0.0699. The lowest BCUT2D eigenvalue weighted by Gasteiger charge is -1.98. The Balaban J connectivity index is 2.75. The molecule has 1 rings (SSSR count). The predicted molar refractivity (Wildman–Crippen MR) is 51.3 cm³/mol. The van der Waals surface area contributed by atoms with E-state index in [0.717, 1.165) is 22.0 Å². The summed E-state index contributed by atoms with van der Waals surface area (Å²) in [7, 11) is 0. The largest absolute Gasteiger partial charge is 0.390 e. The van der Waals surface area contributed by atoms with Crippen molar-refractivity contribution in [1.82, 2.24) is 4.98 Å². The van der Waals surface area contributed by atoms with Crippen LogP contribution in [0.2, 0.25) is 0 Å². The van der Waals surface area contributed by atoms with E-state index in [2.05, 4.69) is 18.8 Å². The van der Waals surface area contributed by atoms with E-state index in [0.29, 0.717) is 5.92 Å². The van der Waals surface area contributed by atoms with Gasteiger partial charge in [0.05, 0.1) is 17.3 Å². The van der Waals surface area contributed by atoms with Crippen molar-refractivity contribution in [1.29, 1.82) is 0 Å². The summed E-state index contributed by atoms with van der Waals surface area (Å²) in [5, 5.41) is 10.1. The molecule has 12 heavy (non-hydrogen) atoms. The molecule has 1 heterocycles. The van der Waals surface area contributed by atoms with Crippen molar-refractivity contribution < 1.29 is 5.11 Å². The Morgan fingerprint density at radius 3 is 2.58 bits per heavy atom. The molecule has 68 valence electrons. The molecule has 0 saturated carbocycles. The van der Waals surface area contributed by atoms with Crippen LogP contribution in [0.1, 0.15) is 29.4 Å². The number of aromatic nitrogens is 1. The molecule has 1 aromatic rings. The Hall–Kier alpha value is -0.410. The summed E-state index contributed by atoms with van der Waals surface area (Å²) in [5.41, 5.74) is 0.843. The van der Waals surface area contributed by atoms with Crippen molar-refractivity contribution >= 4 is 11.3 Å². The zero-order valence-corrected chi connectivity index (χ0v) is 8.61. The van der Waals surface area contributed by atoms with E-state index in [4.69, 9.17) is 5.11 Å². The topological polar surface area (TPSA) is 33.1 Å². The van der Waals surface area contributed by atoms with Gasteiger partial charge < -0.3 is 5.11 Å². The first-order valence-electron chi connectivity index (χ1n) is 4.19. The fourth-order valence-corrected chi connectivity index (χ4v) is 2.22. The molecule has 0 aliphatic heterocycles. The lowest BCUT2D eigenvalue weighted by Crippen LogP contribution is -1.93. The molecule has 3 heteroatoms. The monoisotopic (exact) mass is 185 g/mol. The molecular formula is C9H15NOS. The van der Waals surface area contributed by atoms with Crippen LogP contribution in [0.3, 0.4) is 0 Å². The molecule has 0 fully saturated rings. The van der Waals surface area contributed by atoms with Crippen molar-refractivity contribution in [3.63, 3.8) is 0 Å². The number of hydrogen-bond donors (Lipinski definition) is 1. The molecule has 0 spiro atoms. The van der Waals surface area contributed by atoms with Gasteiger partial charge in [-0.2, -0.15) is 0 Å². The van der Waals surface area contributed by atoms with Crippen LogP contribution >= 0.6 is 11.3 Å². The van der Waals surface area contributed by atoms with Crippen LogP contribution in [0.4, 0.5) is 0 Å². The van der Waals surface area contributed by atoms with E-state index in [1.807, 2.05) is 6.92 Å². The SMILES string of the molecule is Cc1sc(CC(C)C)nc1CO. The summed E-state index contributed by atoms with van der Waals surface area (Å²) in [6.45, 7) is 6.43. The van der Waals surface area contributed by atoms with Gasteiger partial charge in [0.25, 0.3) is 0 Å². The van der Waals surface area contributed by atoms with Crippen LogP contribution in [0.15, 0.2) is 0 Å². The fourth-order valence-electron chi connectivity index (χ4n) is 1.07. The second-order valence-electron chi connectivity index (χ2n) is 3.37. The van der Waals surface area contributed by atoms with E-state index >= 15 is 0 Å². The maximum atomic E-state index is 8.91. The van der Waals surface area contributed by atoms with Crippen LogP contribution in [-0.4, -0.2) is 10.1 Å². The van der Waals surface area contributed by atoms with Crippen LogP contribution in [0.5, 0.6) is 0 Å². The number of rotatable bonds is 3. The molecule has 0 atom stereocenters. The number of nitrogens with zero attached hydrogens (tertiary/aromatic N) is 1. The second-order valence-corrected chi connectivity index (χ2v) is 4.65. The molecule has 0 saturated heterocycles. The Labute approximate surface area is 77.3 Å². The first-order valence-corrected chi connectivity index (χ1v) is 5.01. The number of hydrogen-bond acceptors (Lipinski definition) is 3. The smallest absolute Gasteiger partial charge is 0.0934 e. The first-order chi connectivity index (χ1) is 5.63. The predicted octanol–water partition coefficient (Wildman–Crippen LogP) is 2.14. The lowest BCUT2D eigenvalue weighted by atomic mass is 10.1. The first kappa shape index (κ1) is 9.68. The Bertz CT molecular complexity index is 255. The van der Waals surface area contributed by atoms with Gasteiger partial charge in [-0.05, 0) is 12.8 Å². The molecule has 0 radical (unpaired) electrons. The van der Waals surface area contributed by atoms with E-state index in [-0.39, 0.29) is 6.61 Å². The van der Waals surface area contributed by atoms with Gasteiger partial charge in [-0.25, -0.2) is 4.98 Å². The zero-order chi connectivity index (χ0) is 9.14. The summed E-state index contributed by atoms with van der Waals surface area (Å²) in [6, 6.07) is 0. The van der Waals surface area contributed by atoms with Crippen molar-refractivity contribution in [3.05, 3.63) is 15.6 Å². The molecular weight excluding hydrogens is 170 g/mol. The molecule has 0 aliphatic rings. The summed E-state index contributed by atoms with van der Waals surface area (Å²) in [6.07, 6.45) is 1.02. The molecule has 0 aromatic carbocycles. The van der Waals surface area contributed by atoms with Crippen LogP contribution in [0, 0.1) is 12.8 Å². The average Bonchev–Trinajstić information content (AvgIpc) is 2.29. The van der Waals surface area contributed by atoms with Gasteiger partial charge in [0.2, 0.25) is 0 Å². The number of thiazole rings is 1. The number of aryl methyl sites for hydroxylation is 1. The average molecular weight is 185 g/mol. The Morgan fingerprint density at radius 1 is 1.50 bits per heavy atom. The maximum Gasteiger partial charge on any atom is 0.0934 e. The van der Waals surface area contributed by atoms with Crippen molar-refractivity contribution in [2.75, 3.05) is 0 Å². The van der Waals surface area contributed by atoms with Gasteiger partial charge in [0.1, 0.15) is 0 Å². The quantitative estimate of drug-likeness (QED) is 0.782. The molecule has 2 nitrogen and oxygen atoms in total. The van der Waals surface area contributed by atoms with E-state index in [1.54, 1.807) is 11.3 Å². The highest BCUT2D eigenvalue weighted by Crippen LogP contribution is 2.19. The molecule has 0 amide bonds. The molecule has 0 unspecified atom stereocenters. The Kier molecular flexibility index (Phi) is 3.23. The normalized spacial score (nSPS) is 11.1. The highest BCUT2D eigenvalue weighted by atomic mass is 32.1. The molecule has 0 aliphatic carbocycles. The maximum absolute atomic E-state index is 8.91. The van der Waals surface area contributed by atoms with Crippen LogP contribution in [-0.2, 0) is 13.0 Å². The van der Waals surface area contributed by atoms with Gasteiger partial charge in [0.15, 0.2) is 0 Å². The van der Waals surface area contributed by atoms with Gasteiger partial charge >= 0.3 is 0 Å². The zero-order valence-electron chi connectivity index (χ0n) is 7.79. The van der Waals surface area contributed by atoms with E-state index in [1.165, 1.54) is 0 Å². The van der Waals surface area contributed by atoms with Crippen molar-refractivity contribution in [2.45, 2.75) is 33.8 Å². The minimum atomic E-state index is 0.0699. The van der Waals surface area contributed by atoms with Crippen LogP contribution < -0.4 is 0 Å². The third-order valence-corrected chi connectivity index (χ3v) is 2.70. The summed E-state index contributed by atoms with van der Waals surface area (Å²) < 4.78 is 0. The third kappa shape index (κ3) is 2.29. The van der Waals surface area contributed by atoms with E-state index < -0.39 is 0 Å². The highest BCUT2D eigenvalue weighted by Gasteiger charge is 2.07. The lowest BCUT2D eigenvalue weighted by molar-refractivity contribution is 0.276. The summed E-state index contributed by atoms with van der Waals surface area (Å²) in [4.78, 5) is 5.48. The minimum Gasteiger partial charge on any atom is -0.390 e. The summed E-state index contributed by atoms with van der Waals surface area (Å²) in [5.74, 6) is 0.641. The number of aliphatic hydroxyl groups excluding tert-OH is 1. The number of aliphatic hydroxyl groups is 1. The highest BCUT2D eigenvalue weighted by molar-refractivity contribution is 7.11. The molecule has 1 N–H and O–H groups in total. The second kappa shape index (κ2) is 4.01. The summed E-state index contributed by atoms with van der Waals surface area (Å²) >= 11 is 1.70. The third-order valence-electron chi connectivity index (χ3n) is 1.67. The Morgan fingerprint density at radius 2 is 2.17 bits per heavy atom. The van der Waals surface area contributed by atoms with Gasteiger partial charge in [-0.1, -0.05) is 13.8 Å². The molecule has 0 bridgehead atoms. The van der Waals surface area contributed by atoms with Crippen molar-refractivity contribution in [3.8, 4) is 0 Å². The standard InChI is InChI=1S/C9H15NOS/c1-6(2)4-9-10-8(5-11)7(3)12-9/h6,11H,4-5H2,1-3H3. The van der Waals surface area contributed by atoms with Crippen LogP contribution in [0.25, 0.3) is 0 Å². The van der Waals surface area contributed by atoms with Crippen molar-refractivity contribution in [2.24, 2.45) is 5.92 Å². The van der Waals surface area contributed by atoms with Gasteiger partial charge in [-0.3, -0.25) is 0 Å². The van der Waals surface area contributed by atoms with E-state index in [9.17, 15) is 0 Å². The molecule has 1 aromatic heterocycles.